The van der Waals surface area contributed by atoms with E-state index < -0.39 is 18.5 Å². The van der Waals surface area contributed by atoms with E-state index in [0.717, 1.165) is 69.5 Å². The number of nitrogens with zero attached hydrogens (tertiary/aromatic N) is 8. The summed E-state index contributed by atoms with van der Waals surface area (Å²) in [6.07, 6.45) is 9.01. The number of carbonyl (C=O) groups excluding carboxylic acids is 4. The number of Topliss-reactive ketones (excluding diaryl/α,β-unsaturated/α-hetero) is 2. The molecule has 69 heavy (non-hydrogen) atoms. The molecular weight excluding hydrogens is 889 g/mol. The summed E-state index contributed by atoms with van der Waals surface area (Å²) in [5.74, 6) is 3.09. The van der Waals surface area contributed by atoms with E-state index in [2.05, 4.69) is 40.4 Å². The van der Waals surface area contributed by atoms with Crippen molar-refractivity contribution in [2.75, 3.05) is 82.8 Å². The van der Waals surface area contributed by atoms with Crippen LogP contribution in [0.2, 0.25) is 0 Å². The van der Waals surface area contributed by atoms with Gasteiger partial charge in [-0.2, -0.15) is 0 Å². The second kappa shape index (κ2) is 19.5. The van der Waals surface area contributed by atoms with Gasteiger partial charge in [0.25, 0.3) is 0 Å². The van der Waals surface area contributed by atoms with E-state index in [4.69, 9.17) is 24.1 Å². The third kappa shape index (κ3) is 10.7. The zero-order valence-electron chi connectivity index (χ0n) is 38.8. The Morgan fingerprint density at radius 3 is 1.71 bits per heavy atom. The first-order valence-corrected chi connectivity index (χ1v) is 23.9. The number of hydrogen-bond donors (Lipinski definition) is 4. The molecule has 4 aromatic heterocycles. The Labute approximate surface area is 399 Å². The SMILES string of the molecule is CC1(C)OC[C@@H](COc2ccnc(NC(=O)N3c4nc(C(=O)CC5CC5)ccc4N4CC[C@H]3C4)c2)O1.O=C(CC1CC1)c1ccc2c(n1)N(C(=O)Nc1cc(OC[C@@H](O)CO)ccn1)[C@H]1CCN2C1. The summed E-state index contributed by atoms with van der Waals surface area (Å²) in [6, 6.07) is 13.2. The topological polar surface area (TPSA) is 234 Å². The summed E-state index contributed by atoms with van der Waals surface area (Å²) >= 11 is 0. The number of aliphatic hydroxyl groups is 2. The van der Waals surface area contributed by atoms with Gasteiger partial charge in [0.2, 0.25) is 0 Å². The Balaban J connectivity index is 0.000000161. The lowest BCUT2D eigenvalue weighted by Crippen LogP contribution is -2.48. The number of anilines is 6. The van der Waals surface area contributed by atoms with Crippen molar-refractivity contribution < 1.29 is 48.3 Å². The van der Waals surface area contributed by atoms with E-state index in [1.165, 1.54) is 6.20 Å². The highest BCUT2D eigenvalue weighted by molar-refractivity contribution is 6.06. The summed E-state index contributed by atoms with van der Waals surface area (Å²) < 4.78 is 22.7. The number of ketones is 2. The van der Waals surface area contributed by atoms with Gasteiger partial charge in [-0.1, -0.05) is 0 Å². The minimum atomic E-state index is -0.991. The van der Waals surface area contributed by atoms with Crippen molar-refractivity contribution in [3.8, 4) is 11.5 Å². The normalized spacial score (nSPS) is 21.9. The molecule has 0 unspecified atom stereocenters. The molecule has 0 radical (unpaired) electrons. The first-order valence-electron chi connectivity index (χ1n) is 23.9. The van der Waals surface area contributed by atoms with Gasteiger partial charge >= 0.3 is 12.1 Å². The number of hydrogen-bond acceptors (Lipinski definition) is 16. The van der Waals surface area contributed by atoms with E-state index in [9.17, 15) is 24.3 Å². The number of fused-ring (bicyclic) bond motifs is 8. The molecule has 20 nitrogen and oxygen atoms in total. The van der Waals surface area contributed by atoms with Crippen LogP contribution in [-0.4, -0.2) is 136 Å². The molecule has 5 fully saturated rings. The molecule has 4 bridgehead atoms. The van der Waals surface area contributed by atoms with Crippen molar-refractivity contribution in [2.24, 2.45) is 11.8 Å². The first kappa shape index (κ1) is 46.3. The monoisotopic (exact) mass is 946 g/mol. The first-order chi connectivity index (χ1) is 33.4. The Morgan fingerprint density at radius 1 is 0.739 bits per heavy atom. The number of aromatic nitrogens is 4. The smallest absolute Gasteiger partial charge is 0.329 e. The molecule has 4 aromatic rings. The van der Waals surface area contributed by atoms with Gasteiger partial charge in [-0.25, -0.2) is 29.5 Å². The molecule has 3 saturated heterocycles. The standard InChI is InChI=1S/C26H31N5O5.C23H27N5O5/c1-26(2)35-15-19(36-26)14-34-18-7-9-27-23(12-18)29-25(33)31-17-8-10-30(13-17)21-6-5-20(28-24(21)31)22(32)11-16-3-4-16;29-12-16(30)13-33-17-5-7-24-21(10-17)26-23(32)28-15-6-8-27(11-15)19-4-3-18(25-22(19)28)20(31)9-14-1-2-14/h5-7,9,12,16-17,19H,3-4,8,10-11,13-15H2,1-2H3,(H,27,29,33);3-5,7,10,14-16,29-30H,1-2,6,8-9,11-13H2,(H,24,26,32)/t17-,19+;15-,16-/m00/s1. The third-order valence-corrected chi connectivity index (χ3v) is 13.3. The number of urea groups is 2. The number of pyridine rings is 4. The number of nitrogens with one attached hydrogen (secondary N) is 2. The van der Waals surface area contributed by atoms with Gasteiger partial charge in [0.05, 0.1) is 36.7 Å². The number of carbonyl (C=O) groups is 4. The lowest BCUT2D eigenvalue weighted by atomic mass is 10.1. The molecule has 11 rings (SSSR count). The van der Waals surface area contributed by atoms with E-state index in [1.807, 2.05) is 26.0 Å². The lowest BCUT2D eigenvalue weighted by Gasteiger charge is -2.35. The van der Waals surface area contributed by atoms with Gasteiger partial charge in [0.15, 0.2) is 29.0 Å². The maximum Gasteiger partial charge on any atom is 0.329 e. The average Bonchev–Trinajstić information content (AvgIpc) is 4.23. The van der Waals surface area contributed by atoms with Crippen LogP contribution in [-0.2, 0) is 9.47 Å². The van der Waals surface area contributed by atoms with E-state index in [-0.39, 0.29) is 48.4 Å². The van der Waals surface area contributed by atoms with Crippen LogP contribution in [0.4, 0.5) is 44.2 Å². The van der Waals surface area contributed by atoms with E-state index >= 15 is 0 Å². The second-order valence-corrected chi connectivity index (χ2v) is 19.3. The van der Waals surface area contributed by atoms with Crippen LogP contribution in [0.5, 0.6) is 11.5 Å². The summed E-state index contributed by atoms with van der Waals surface area (Å²) in [5, 5.41) is 24.1. The highest BCUT2D eigenvalue weighted by atomic mass is 16.7. The zero-order valence-corrected chi connectivity index (χ0v) is 38.8. The molecule has 0 aromatic carbocycles. The minimum Gasteiger partial charge on any atom is -0.491 e. The average molecular weight is 947 g/mol. The molecule has 9 heterocycles. The maximum atomic E-state index is 13.5. The van der Waals surface area contributed by atoms with Crippen LogP contribution in [0, 0.1) is 11.8 Å². The van der Waals surface area contributed by atoms with Crippen LogP contribution in [0.25, 0.3) is 0 Å². The summed E-state index contributed by atoms with van der Waals surface area (Å²) in [4.78, 5) is 77.7. The number of rotatable bonds is 15. The van der Waals surface area contributed by atoms with Gasteiger partial charge in [-0.05, 0) is 101 Å². The van der Waals surface area contributed by atoms with Crippen LogP contribution >= 0.6 is 0 Å². The van der Waals surface area contributed by atoms with Gasteiger partial charge in [0, 0.05) is 63.5 Å². The molecule has 0 spiro atoms. The van der Waals surface area contributed by atoms with Crippen LogP contribution in [0.15, 0.2) is 60.9 Å². The van der Waals surface area contributed by atoms with E-state index in [1.54, 1.807) is 52.4 Å². The summed E-state index contributed by atoms with van der Waals surface area (Å²) in [6.45, 7) is 7.20. The number of amides is 4. The molecule has 4 amide bonds. The van der Waals surface area contributed by atoms with Gasteiger partial charge in [-0.15, -0.1) is 0 Å². The summed E-state index contributed by atoms with van der Waals surface area (Å²) in [5.41, 5.74) is 2.56. The van der Waals surface area contributed by atoms with Crippen molar-refractivity contribution in [1.29, 1.82) is 0 Å². The van der Waals surface area contributed by atoms with Crippen molar-refractivity contribution >= 4 is 58.3 Å². The lowest BCUT2D eigenvalue weighted by molar-refractivity contribution is -0.141. The number of aliphatic hydroxyl groups excluding tert-OH is 2. The fourth-order valence-electron chi connectivity index (χ4n) is 9.39. The molecule has 2 aliphatic carbocycles. The summed E-state index contributed by atoms with van der Waals surface area (Å²) in [7, 11) is 0. The fourth-order valence-corrected chi connectivity index (χ4v) is 9.39. The van der Waals surface area contributed by atoms with Crippen molar-refractivity contribution in [1.82, 2.24) is 19.9 Å². The fraction of sp³-hybridized carbons (Fsp3) is 0.510. The van der Waals surface area contributed by atoms with E-state index in [0.29, 0.717) is 90.6 Å². The highest BCUT2D eigenvalue weighted by Crippen LogP contribution is 2.42. The Bertz CT molecular complexity index is 2590. The molecule has 7 aliphatic rings. The molecule has 4 atom stereocenters. The van der Waals surface area contributed by atoms with Crippen molar-refractivity contribution in [3.63, 3.8) is 0 Å². The Kier molecular flexibility index (Phi) is 13.1. The predicted molar refractivity (Wildman–Crippen MR) is 254 cm³/mol. The number of ether oxygens (including phenoxy) is 4. The third-order valence-electron chi connectivity index (χ3n) is 13.3. The molecule has 5 aliphatic heterocycles. The van der Waals surface area contributed by atoms with Gasteiger partial charge in [-0.3, -0.25) is 30.0 Å². The predicted octanol–water partition coefficient (Wildman–Crippen LogP) is 5.44. The van der Waals surface area contributed by atoms with Crippen LogP contribution < -0.4 is 39.7 Å². The second-order valence-electron chi connectivity index (χ2n) is 19.3. The van der Waals surface area contributed by atoms with Gasteiger partial charge in [0.1, 0.15) is 59.9 Å². The molecule has 4 N–H and O–H groups in total. The van der Waals surface area contributed by atoms with Crippen LogP contribution in [0.1, 0.15) is 86.2 Å². The molecule has 2 saturated carbocycles. The highest BCUT2D eigenvalue weighted by Gasteiger charge is 2.43. The zero-order chi connectivity index (χ0) is 47.8. The molecule has 20 heteroatoms. The molecule has 364 valence electrons. The van der Waals surface area contributed by atoms with Crippen molar-refractivity contribution in [2.45, 2.75) is 95.3 Å². The Morgan fingerprint density at radius 2 is 1.25 bits per heavy atom. The quantitative estimate of drug-likeness (QED) is 0.109. The molecular formula is C49H58N10O10. The van der Waals surface area contributed by atoms with Crippen molar-refractivity contribution in [3.05, 3.63) is 72.3 Å². The van der Waals surface area contributed by atoms with Gasteiger partial charge < -0.3 is 39.0 Å². The Hall–Kier alpha value is -6.48. The van der Waals surface area contributed by atoms with Crippen LogP contribution in [0.3, 0.4) is 0 Å². The minimum absolute atomic E-state index is 0.0129. The largest absolute Gasteiger partial charge is 0.491 e. The maximum absolute atomic E-state index is 13.5.